The number of nitrogens with two attached hydrogens (primary N) is 1. The van der Waals surface area contributed by atoms with Crippen molar-refractivity contribution >= 4 is 26.8 Å². The smallest absolute Gasteiger partial charge is 0.250 e. The van der Waals surface area contributed by atoms with E-state index in [1.807, 2.05) is 42.6 Å². The number of nitrogens with zero attached hydrogens (tertiary/aromatic N) is 1. The molecule has 0 unspecified atom stereocenters. The van der Waals surface area contributed by atoms with Crippen LogP contribution < -0.4 is 5.73 Å². The predicted octanol–water partition coefficient (Wildman–Crippen LogP) is 3.23. The van der Waals surface area contributed by atoms with Crippen molar-refractivity contribution in [1.29, 1.82) is 0 Å². The Labute approximate surface area is 206 Å². The molecule has 1 aromatic heterocycles. The highest BCUT2D eigenvalue weighted by atomic mass is 32.2. The molecule has 3 aromatic rings. The maximum absolute atomic E-state index is 12.7. The Morgan fingerprint density at radius 1 is 1.09 bits per heavy atom. The number of aliphatic hydroxyl groups is 1. The second kappa shape index (κ2) is 11.3. The van der Waals surface area contributed by atoms with Gasteiger partial charge in [-0.15, -0.1) is 0 Å². The third-order valence-corrected chi connectivity index (χ3v) is 8.50. The van der Waals surface area contributed by atoms with E-state index in [4.69, 9.17) is 15.6 Å². The number of fused-ring (bicyclic) bond motifs is 1. The van der Waals surface area contributed by atoms with Gasteiger partial charge in [0.05, 0.1) is 23.4 Å². The maximum Gasteiger partial charge on any atom is 0.250 e. The number of piperidine rings is 1. The van der Waals surface area contributed by atoms with Gasteiger partial charge in [0.25, 0.3) is 5.91 Å². The zero-order valence-electron chi connectivity index (χ0n) is 19.8. The topological polar surface area (TPSA) is 126 Å². The van der Waals surface area contributed by atoms with E-state index < -0.39 is 15.9 Å². The minimum absolute atomic E-state index is 0.0354. The van der Waals surface area contributed by atoms with Crippen LogP contribution in [0.25, 0.3) is 22.0 Å². The van der Waals surface area contributed by atoms with E-state index in [9.17, 15) is 13.2 Å². The normalized spacial score (nSPS) is 15.6. The fraction of sp³-hybridized carbons (Fsp3) is 0.423. The van der Waals surface area contributed by atoms with Gasteiger partial charge in [0.2, 0.25) is 10.0 Å². The molecule has 9 heteroatoms. The Hall–Kier alpha value is -2.72. The number of hydrogen-bond donors (Lipinski definition) is 3. The van der Waals surface area contributed by atoms with E-state index >= 15 is 0 Å². The van der Waals surface area contributed by atoms with Crippen LogP contribution in [0.4, 0.5) is 0 Å². The monoisotopic (exact) mass is 499 g/mol. The summed E-state index contributed by atoms with van der Waals surface area (Å²) in [5, 5.41) is 9.75. The maximum atomic E-state index is 12.7. The van der Waals surface area contributed by atoms with E-state index in [1.54, 1.807) is 4.31 Å². The lowest BCUT2D eigenvalue weighted by molar-refractivity contribution is 0.100. The summed E-state index contributed by atoms with van der Waals surface area (Å²) >= 11 is 0. The summed E-state index contributed by atoms with van der Waals surface area (Å²) in [6, 6.07) is 13.8. The molecule has 0 aliphatic carbocycles. The molecular formula is C26H33N3O5S. The molecule has 4 rings (SSSR count). The first-order valence-electron chi connectivity index (χ1n) is 12.1. The second-order valence-corrected chi connectivity index (χ2v) is 11.0. The van der Waals surface area contributed by atoms with Gasteiger partial charge >= 0.3 is 0 Å². The first-order chi connectivity index (χ1) is 16.9. The van der Waals surface area contributed by atoms with E-state index in [-0.39, 0.29) is 24.9 Å². The number of unbranched alkanes of at least 4 members (excludes halogenated alkanes) is 1. The first kappa shape index (κ1) is 25.4. The summed E-state index contributed by atoms with van der Waals surface area (Å²) in [6.07, 6.45) is 4.70. The Balaban J connectivity index is 1.47. The summed E-state index contributed by atoms with van der Waals surface area (Å²) in [4.78, 5) is 15.4. The number of carbonyl (C=O) groups is 1. The van der Waals surface area contributed by atoms with Crippen molar-refractivity contribution < 1.29 is 23.1 Å². The lowest BCUT2D eigenvalue weighted by Crippen LogP contribution is -2.40. The van der Waals surface area contributed by atoms with Gasteiger partial charge in [0.1, 0.15) is 0 Å². The number of nitrogens with one attached hydrogen (secondary N) is 1. The summed E-state index contributed by atoms with van der Waals surface area (Å²) < 4.78 is 32.5. The molecule has 35 heavy (non-hydrogen) atoms. The fourth-order valence-corrected chi connectivity index (χ4v) is 6.09. The number of rotatable bonds is 11. The highest BCUT2D eigenvalue weighted by Gasteiger charge is 2.30. The van der Waals surface area contributed by atoms with Crippen LogP contribution in [0.15, 0.2) is 48.7 Å². The standard InChI is InChI=1S/C26H33N3O5S/c27-26(31)23-17-21(19-6-2-1-3-7-19)16-22-24(18-28-25(22)23)20-8-10-29(11-9-20)35(32,33)15-14-34-13-5-4-12-30/h1-3,6-7,16-18,20,28,30H,4-5,8-15H2,(H2,27,31). The molecule has 0 spiro atoms. The summed E-state index contributed by atoms with van der Waals surface area (Å²) in [5.74, 6) is -0.343. The van der Waals surface area contributed by atoms with E-state index in [0.29, 0.717) is 44.5 Å². The number of aromatic nitrogens is 1. The number of hydrogen-bond acceptors (Lipinski definition) is 5. The quantitative estimate of drug-likeness (QED) is 0.349. The number of sulfonamides is 1. The highest BCUT2D eigenvalue weighted by Crippen LogP contribution is 2.37. The molecular weight excluding hydrogens is 466 g/mol. The number of primary amides is 1. The van der Waals surface area contributed by atoms with Crippen molar-refractivity contribution in [2.75, 3.05) is 38.7 Å². The van der Waals surface area contributed by atoms with E-state index in [2.05, 4.69) is 11.1 Å². The summed E-state index contributed by atoms with van der Waals surface area (Å²) in [7, 11) is -3.38. The van der Waals surface area contributed by atoms with Crippen LogP contribution in [-0.4, -0.2) is 67.4 Å². The van der Waals surface area contributed by atoms with Crippen molar-refractivity contribution in [3.05, 3.63) is 59.8 Å². The molecule has 0 saturated carbocycles. The SMILES string of the molecule is NC(=O)c1cc(-c2ccccc2)cc2c(C3CCN(S(=O)(=O)CCOCCCCO)CC3)c[nH]c12. The highest BCUT2D eigenvalue weighted by molar-refractivity contribution is 7.89. The number of ether oxygens (including phenoxy) is 1. The van der Waals surface area contributed by atoms with E-state index in [0.717, 1.165) is 34.0 Å². The van der Waals surface area contributed by atoms with Gasteiger partial charge in [-0.05, 0) is 60.4 Å². The van der Waals surface area contributed by atoms with Gasteiger partial charge in [-0.25, -0.2) is 12.7 Å². The van der Waals surface area contributed by atoms with Gasteiger partial charge in [-0.1, -0.05) is 30.3 Å². The van der Waals surface area contributed by atoms with Gasteiger partial charge in [-0.3, -0.25) is 4.79 Å². The predicted molar refractivity (Wildman–Crippen MR) is 137 cm³/mol. The Morgan fingerprint density at radius 2 is 1.83 bits per heavy atom. The number of amides is 1. The lowest BCUT2D eigenvalue weighted by atomic mass is 9.88. The lowest BCUT2D eigenvalue weighted by Gasteiger charge is -2.31. The molecule has 1 amide bonds. The third-order valence-electron chi connectivity index (χ3n) is 6.66. The van der Waals surface area contributed by atoms with Crippen LogP contribution in [0.5, 0.6) is 0 Å². The molecule has 188 valence electrons. The molecule has 0 bridgehead atoms. The number of aliphatic hydroxyl groups excluding tert-OH is 1. The van der Waals surface area contributed by atoms with Crippen LogP contribution in [0.3, 0.4) is 0 Å². The molecule has 2 aromatic carbocycles. The molecule has 4 N–H and O–H groups in total. The zero-order valence-corrected chi connectivity index (χ0v) is 20.6. The molecule has 1 aliphatic heterocycles. The van der Waals surface area contributed by atoms with Gasteiger partial charge in [-0.2, -0.15) is 0 Å². The van der Waals surface area contributed by atoms with Crippen molar-refractivity contribution in [2.24, 2.45) is 5.73 Å². The van der Waals surface area contributed by atoms with Crippen LogP contribution in [-0.2, 0) is 14.8 Å². The van der Waals surface area contributed by atoms with Crippen LogP contribution in [0.1, 0.15) is 47.5 Å². The minimum Gasteiger partial charge on any atom is -0.396 e. The second-order valence-electron chi connectivity index (χ2n) is 8.95. The van der Waals surface area contributed by atoms with Crippen LogP contribution in [0.2, 0.25) is 0 Å². The Kier molecular flexibility index (Phi) is 8.22. The Bertz CT molecular complexity index is 1250. The average Bonchev–Trinajstić information content (AvgIpc) is 3.30. The summed E-state index contributed by atoms with van der Waals surface area (Å²) in [6.45, 7) is 1.63. The van der Waals surface area contributed by atoms with Crippen LogP contribution in [0, 0.1) is 0 Å². The molecule has 1 saturated heterocycles. The first-order valence-corrected chi connectivity index (χ1v) is 13.7. The third kappa shape index (κ3) is 5.92. The average molecular weight is 500 g/mol. The number of benzene rings is 2. The fourth-order valence-electron chi connectivity index (χ4n) is 4.74. The van der Waals surface area contributed by atoms with Crippen molar-refractivity contribution in [3.8, 4) is 11.1 Å². The Morgan fingerprint density at radius 3 is 2.51 bits per heavy atom. The van der Waals surface area contributed by atoms with Gasteiger partial charge in [0, 0.05) is 37.9 Å². The summed E-state index contributed by atoms with van der Waals surface area (Å²) in [5.41, 5.74) is 9.89. The number of carbonyl (C=O) groups excluding carboxylic acids is 1. The van der Waals surface area contributed by atoms with Gasteiger partial charge < -0.3 is 20.6 Å². The zero-order chi connectivity index (χ0) is 24.8. The van der Waals surface area contributed by atoms with Crippen molar-refractivity contribution in [2.45, 2.75) is 31.6 Å². The molecule has 8 nitrogen and oxygen atoms in total. The number of H-pyrrole nitrogens is 1. The molecule has 0 atom stereocenters. The van der Waals surface area contributed by atoms with Gasteiger partial charge in [0.15, 0.2) is 0 Å². The van der Waals surface area contributed by atoms with Crippen molar-refractivity contribution in [1.82, 2.24) is 9.29 Å². The number of aromatic amines is 1. The minimum atomic E-state index is -3.38. The molecule has 1 fully saturated rings. The largest absolute Gasteiger partial charge is 0.396 e. The van der Waals surface area contributed by atoms with Crippen molar-refractivity contribution in [3.63, 3.8) is 0 Å². The molecule has 2 heterocycles. The van der Waals surface area contributed by atoms with E-state index in [1.165, 1.54) is 0 Å². The molecule has 1 aliphatic rings. The van der Waals surface area contributed by atoms with Crippen LogP contribution >= 0.6 is 0 Å². The molecule has 0 radical (unpaired) electrons.